The van der Waals surface area contributed by atoms with E-state index in [1.807, 2.05) is 31.2 Å². The zero-order valence-electron chi connectivity index (χ0n) is 12.9. The first kappa shape index (κ1) is 16.6. The molecule has 122 valence electrons. The summed E-state index contributed by atoms with van der Waals surface area (Å²) in [6.45, 7) is 3.67. The number of aromatic nitrogens is 3. The molecule has 8 nitrogen and oxygen atoms in total. The molecule has 0 bridgehead atoms. The van der Waals surface area contributed by atoms with Gasteiger partial charge in [-0.05, 0) is 26.0 Å². The summed E-state index contributed by atoms with van der Waals surface area (Å²) in [6.07, 6.45) is 0. The molecule has 0 atom stereocenters. The highest BCUT2D eigenvalue weighted by Gasteiger charge is 2.16. The number of rotatable bonds is 7. The Labute approximate surface area is 133 Å². The van der Waals surface area contributed by atoms with Crippen molar-refractivity contribution < 1.29 is 19.4 Å². The molecule has 0 unspecified atom stereocenters. The third-order valence-electron chi connectivity index (χ3n) is 3.15. The largest absolute Gasteiger partial charge is 0.480 e. The highest BCUT2D eigenvalue weighted by Crippen LogP contribution is 2.12. The number of hydrogen-bond donors (Lipinski definition) is 2. The van der Waals surface area contributed by atoms with E-state index in [0.717, 1.165) is 11.3 Å². The zero-order valence-corrected chi connectivity index (χ0v) is 12.9. The molecule has 1 aromatic heterocycles. The molecule has 0 aliphatic heterocycles. The highest BCUT2D eigenvalue weighted by molar-refractivity contribution is 5.93. The van der Waals surface area contributed by atoms with Crippen LogP contribution in [0, 0.1) is 13.8 Å². The summed E-state index contributed by atoms with van der Waals surface area (Å²) < 4.78 is 6.43. The van der Waals surface area contributed by atoms with Gasteiger partial charge in [0.25, 0.3) is 5.91 Å². The second kappa shape index (κ2) is 7.50. The monoisotopic (exact) mass is 318 g/mol. The maximum Gasteiger partial charge on any atom is 0.329 e. The number of hydrogen-bond acceptors (Lipinski definition) is 5. The van der Waals surface area contributed by atoms with Gasteiger partial charge in [-0.2, -0.15) is 0 Å². The Balaban J connectivity index is 1.97. The van der Waals surface area contributed by atoms with Crippen LogP contribution in [0.4, 0.5) is 0 Å². The van der Waals surface area contributed by atoms with Crippen molar-refractivity contribution in [2.24, 2.45) is 0 Å². The summed E-state index contributed by atoms with van der Waals surface area (Å²) >= 11 is 0. The van der Waals surface area contributed by atoms with Gasteiger partial charge < -0.3 is 15.2 Å². The molecule has 0 saturated carbocycles. The number of amides is 1. The van der Waals surface area contributed by atoms with Gasteiger partial charge in [0.2, 0.25) is 0 Å². The second-order valence-corrected chi connectivity index (χ2v) is 4.97. The summed E-state index contributed by atoms with van der Waals surface area (Å²) in [6, 6.07) is 7.71. The SMILES string of the molecule is Cc1ccc(-n2nnc(C(=O)NCCOCC(=O)O)c2C)cc1. The van der Waals surface area contributed by atoms with Crippen LogP contribution in [0.25, 0.3) is 5.69 Å². The van der Waals surface area contributed by atoms with Gasteiger partial charge in [0.05, 0.1) is 18.0 Å². The molecule has 2 N–H and O–H groups in total. The minimum absolute atomic E-state index is 0.114. The van der Waals surface area contributed by atoms with Crippen LogP contribution in [0.3, 0.4) is 0 Å². The van der Waals surface area contributed by atoms with Crippen molar-refractivity contribution >= 4 is 11.9 Å². The Hall–Kier alpha value is -2.74. The first-order valence-electron chi connectivity index (χ1n) is 7.06. The molecule has 0 fully saturated rings. The number of nitrogens with zero attached hydrogens (tertiary/aromatic N) is 3. The minimum Gasteiger partial charge on any atom is -0.480 e. The summed E-state index contributed by atoms with van der Waals surface area (Å²) in [5.41, 5.74) is 2.80. The predicted molar refractivity (Wildman–Crippen MR) is 81.6 cm³/mol. The van der Waals surface area contributed by atoms with Crippen LogP contribution in [0.5, 0.6) is 0 Å². The zero-order chi connectivity index (χ0) is 16.8. The van der Waals surface area contributed by atoms with E-state index in [1.54, 1.807) is 11.6 Å². The van der Waals surface area contributed by atoms with Crippen LogP contribution in [-0.2, 0) is 9.53 Å². The topological polar surface area (TPSA) is 106 Å². The third-order valence-corrected chi connectivity index (χ3v) is 3.15. The Morgan fingerprint density at radius 2 is 1.96 bits per heavy atom. The number of carboxylic acid groups (broad SMARTS) is 1. The normalized spacial score (nSPS) is 10.5. The highest BCUT2D eigenvalue weighted by atomic mass is 16.5. The Morgan fingerprint density at radius 1 is 1.26 bits per heavy atom. The molecule has 1 amide bonds. The maximum atomic E-state index is 12.1. The molecule has 1 aromatic carbocycles. The molecule has 0 saturated heterocycles. The van der Waals surface area contributed by atoms with Gasteiger partial charge in [0.1, 0.15) is 6.61 Å². The molecule has 2 aromatic rings. The number of carbonyl (C=O) groups excluding carboxylic acids is 1. The number of aliphatic carboxylic acids is 1. The van der Waals surface area contributed by atoms with Gasteiger partial charge in [-0.3, -0.25) is 4.79 Å². The number of carboxylic acids is 1. The molecule has 0 aliphatic rings. The van der Waals surface area contributed by atoms with Gasteiger partial charge >= 0.3 is 5.97 Å². The predicted octanol–water partition coefficient (Wildman–Crippen LogP) is 0.715. The van der Waals surface area contributed by atoms with Gasteiger partial charge in [-0.25, -0.2) is 9.48 Å². The van der Waals surface area contributed by atoms with Crippen molar-refractivity contribution in [3.8, 4) is 5.69 Å². The van der Waals surface area contributed by atoms with E-state index in [1.165, 1.54) is 0 Å². The Morgan fingerprint density at radius 3 is 2.61 bits per heavy atom. The van der Waals surface area contributed by atoms with E-state index in [9.17, 15) is 9.59 Å². The summed E-state index contributed by atoms with van der Waals surface area (Å²) in [5, 5.41) is 19.0. The molecular formula is C15H18N4O4. The Kier molecular flexibility index (Phi) is 5.42. The fourth-order valence-electron chi connectivity index (χ4n) is 1.95. The molecule has 8 heteroatoms. The van der Waals surface area contributed by atoms with Crippen LogP contribution >= 0.6 is 0 Å². The van der Waals surface area contributed by atoms with E-state index in [4.69, 9.17) is 9.84 Å². The van der Waals surface area contributed by atoms with Crippen LogP contribution in [0.2, 0.25) is 0 Å². The van der Waals surface area contributed by atoms with Crippen molar-refractivity contribution in [3.05, 3.63) is 41.2 Å². The van der Waals surface area contributed by atoms with Crippen LogP contribution in [0.15, 0.2) is 24.3 Å². The number of nitrogens with one attached hydrogen (secondary N) is 1. The number of carbonyl (C=O) groups is 2. The van der Waals surface area contributed by atoms with Gasteiger partial charge in [-0.15, -0.1) is 5.10 Å². The van der Waals surface area contributed by atoms with Crippen molar-refractivity contribution in [3.63, 3.8) is 0 Å². The molecule has 23 heavy (non-hydrogen) atoms. The lowest BCUT2D eigenvalue weighted by Gasteiger charge is -2.05. The average molecular weight is 318 g/mol. The molecule has 1 heterocycles. The average Bonchev–Trinajstić information content (AvgIpc) is 2.89. The van der Waals surface area contributed by atoms with Crippen molar-refractivity contribution in [2.75, 3.05) is 19.8 Å². The lowest BCUT2D eigenvalue weighted by molar-refractivity contribution is -0.142. The minimum atomic E-state index is -1.05. The second-order valence-electron chi connectivity index (χ2n) is 4.97. The lowest BCUT2D eigenvalue weighted by Crippen LogP contribution is -2.28. The molecular weight excluding hydrogens is 300 g/mol. The van der Waals surface area contributed by atoms with Crippen molar-refractivity contribution in [1.29, 1.82) is 0 Å². The van der Waals surface area contributed by atoms with E-state index in [0.29, 0.717) is 5.69 Å². The molecule has 2 rings (SSSR count). The van der Waals surface area contributed by atoms with Crippen LogP contribution in [-0.4, -0.2) is 51.7 Å². The van der Waals surface area contributed by atoms with Gasteiger partial charge in [-0.1, -0.05) is 22.9 Å². The summed E-state index contributed by atoms with van der Waals surface area (Å²) in [4.78, 5) is 22.4. The quantitative estimate of drug-likeness (QED) is 0.728. The molecule has 0 spiro atoms. The summed E-state index contributed by atoms with van der Waals surface area (Å²) in [7, 11) is 0. The van der Waals surface area contributed by atoms with E-state index < -0.39 is 12.6 Å². The number of ether oxygens (including phenoxy) is 1. The van der Waals surface area contributed by atoms with E-state index in [2.05, 4.69) is 15.6 Å². The van der Waals surface area contributed by atoms with Gasteiger partial charge in [0.15, 0.2) is 5.69 Å². The fraction of sp³-hybridized carbons (Fsp3) is 0.333. The molecule has 0 radical (unpaired) electrons. The number of aryl methyl sites for hydroxylation is 1. The fourth-order valence-corrected chi connectivity index (χ4v) is 1.95. The standard InChI is InChI=1S/C15H18N4O4/c1-10-3-5-12(6-4-10)19-11(2)14(17-18-19)15(22)16-7-8-23-9-13(20)21/h3-6H,7-9H2,1-2H3,(H,16,22)(H,20,21). The first-order chi connectivity index (χ1) is 11.0. The first-order valence-corrected chi connectivity index (χ1v) is 7.06. The third kappa shape index (κ3) is 4.36. The molecule has 0 aliphatic carbocycles. The smallest absolute Gasteiger partial charge is 0.329 e. The maximum absolute atomic E-state index is 12.1. The van der Waals surface area contributed by atoms with E-state index >= 15 is 0 Å². The van der Waals surface area contributed by atoms with Crippen LogP contribution in [0.1, 0.15) is 21.7 Å². The van der Waals surface area contributed by atoms with E-state index in [-0.39, 0.29) is 24.8 Å². The van der Waals surface area contributed by atoms with Crippen molar-refractivity contribution in [2.45, 2.75) is 13.8 Å². The van der Waals surface area contributed by atoms with Crippen molar-refractivity contribution in [1.82, 2.24) is 20.3 Å². The lowest BCUT2D eigenvalue weighted by atomic mass is 10.2. The van der Waals surface area contributed by atoms with Gasteiger partial charge in [0, 0.05) is 6.54 Å². The number of benzene rings is 1. The Bertz CT molecular complexity index is 694. The summed E-state index contributed by atoms with van der Waals surface area (Å²) in [5.74, 6) is -1.42. The van der Waals surface area contributed by atoms with Crippen LogP contribution < -0.4 is 5.32 Å².